The van der Waals surface area contributed by atoms with Crippen LogP contribution in [0.1, 0.15) is 41.6 Å². The highest BCUT2D eigenvalue weighted by Crippen LogP contribution is 2.46. The van der Waals surface area contributed by atoms with Crippen LogP contribution in [-0.4, -0.2) is 31.5 Å². The largest absolute Gasteiger partial charge is 0.423 e. The highest BCUT2D eigenvalue weighted by Gasteiger charge is 2.42. The van der Waals surface area contributed by atoms with Crippen LogP contribution in [0.15, 0.2) is 54.6 Å². The SMILES string of the molecule is CN(C)CC1CCCCC1(F)c1cccc(OC(=O)c2ccccc2)c1. The van der Waals surface area contributed by atoms with Gasteiger partial charge in [-0.3, -0.25) is 0 Å². The number of carbonyl (C=O) groups is 1. The molecular weight excluding hydrogens is 329 g/mol. The lowest BCUT2D eigenvalue weighted by Gasteiger charge is -2.39. The van der Waals surface area contributed by atoms with Gasteiger partial charge in [-0.25, -0.2) is 9.18 Å². The third-order valence-corrected chi connectivity index (χ3v) is 5.11. The molecule has 1 saturated carbocycles. The van der Waals surface area contributed by atoms with E-state index in [4.69, 9.17) is 4.74 Å². The quantitative estimate of drug-likeness (QED) is 0.569. The van der Waals surface area contributed by atoms with Crippen molar-refractivity contribution in [2.45, 2.75) is 31.4 Å². The normalized spacial score (nSPS) is 23.0. The standard InChI is InChI=1S/C22H26FNO2/c1-24(2)16-19-11-6-7-14-22(19,23)18-12-8-13-20(15-18)26-21(25)17-9-4-3-5-10-17/h3-5,8-10,12-13,15,19H,6-7,11,14,16H2,1-2H3. The number of hydrogen-bond donors (Lipinski definition) is 0. The number of ether oxygens (including phenoxy) is 1. The summed E-state index contributed by atoms with van der Waals surface area (Å²) in [5.74, 6) is -0.0852. The van der Waals surface area contributed by atoms with Crippen molar-refractivity contribution in [1.82, 2.24) is 4.90 Å². The lowest BCUT2D eigenvalue weighted by Crippen LogP contribution is -2.39. The van der Waals surface area contributed by atoms with E-state index in [1.165, 1.54) is 0 Å². The number of hydrogen-bond acceptors (Lipinski definition) is 3. The van der Waals surface area contributed by atoms with Crippen molar-refractivity contribution in [3.8, 4) is 5.75 Å². The molecule has 0 saturated heterocycles. The number of alkyl halides is 1. The van der Waals surface area contributed by atoms with Crippen LogP contribution in [0.25, 0.3) is 0 Å². The molecule has 2 atom stereocenters. The predicted octanol–water partition coefficient (Wildman–Crippen LogP) is 4.82. The maximum atomic E-state index is 16.0. The van der Waals surface area contributed by atoms with Crippen molar-refractivity contribution < 1.29 is 13.9 Å². The maximum Gasteiger partial charge on any atom is 0.343 e. The zero-order valence-electron chi connectivity index (χ0n) is 15.5. The van der Waals surface area contributed by atoms with Crippen molar-refractivity contribution in [3.63, 3.8) is 0 Å². The fraction of sp³-hybridized carbons (Fsp3) is 0.409. The second-order valence-electron chi connectivity index (χ2n) is 7.35. The Morgan fingerprint density at radius 3 is 2.65 bits per heavy atom. The Kier molecular flexibility index (Phi) is 5.72. The van der Waals surface area contributed by atoms with Gasteiger partial charge in [0.2, 0.25) is 0 Å². The molecule has 1 aliphatic rings. The van der Waals surface area contributed by atoms with Crippen LogP contribution >= 0.6 is 0 Å². The molecule has 3 nitrogen and oxygen atoms in total. The van der Waals surface area contributed by atoms with Crippen molar-refractivity contribution >= 4 is 5.97 Å². The molecule has 2 aromatic carbocycles. The number of carbonyl (C=O) groups excluding carboxylic acids is 1. The number of benzene rings is 2. The van der Waals surface area contributed by atoms with Crippen molar-refractivity contribution in [2.24, 2.45) is 5.92 Å². The van der Waals surface area contributed by atoms with E-state index in [9.17, 15) is 4.79 Å². The van der Waals surface area contributed by atoms with Crippen LogP contribution in [0, 0.1) is 5.92 Å². The Bertz CT molecular complexity index is 747. The monoisotopic (exact) mass is 355 g/mol. The molecule has 2 unspecified atom stereocenters. The molecule has 2 aromatic rings. The van der Waals surface area contributed by atoms with E-state index < -0.39 is 11.6 Å². The zero-order chi connectivity index (χ0) is 18.6. The minimum absolute atomic E-state index is 0.0497. The molecule has 4 heteroatoms. The molecule has 0 amide bonds. The fourth-order valence-electron chi connectivity index (χ4n) is 3.82. The molecule has 26 heavy (non-hydrogen) atoms. The first-order valence-corrected chi connectivity index (χ1v) is 9.20. The summed E-state index contributed by atoms with van der Waals surface area (Å²) in [5, 5.41) is 0. The molecule has 0 aromatic heterocycles. The molecular formula is C22H26FNO2. The molecule has 138 valence electrons. The zero-order valence-corrected chi connectivity index (χ0v) is 15.5. The van der Waals surface area contributed by atoms with E-state index in [0.29, 0.717) is 29.8 Å². The molecule has 3 rings (SSSR count). The van der Waals surface area contributed by atoms with Gasteiger partial charge in [-0.2, -0.15) is 0 Å². The fourth-order valence-corrected chi connectivity index (χ4v) is 3.82. The number of halogens is 1. The van der Waals surface area contributed by atoms with Gasteiger partial charge in [-0.1, -0.05) is 36.8 Å². The lowest BCUT2D eigenvalue weighted by molar-refractivity contribution is 0.0198. The molecule has 1 fully saturated rings. The Balaban J connectivity index is 1.82. The summed E-state index contributed by atoms with van der Waals surface area (Å²) in [4.78, 5) is 14.3. The van der Waals surface area contributed by atoms with Crippen LogP contribution in [-0.2, 0) is 5.67 Å². The van der Waals surface area contributed by atoms with Crippen LogP contribution in [0.2, 0.25) is 0 Å². The first kappa shape index (κ1) is 18.6. The summed E-state index contributed by atoms with van der Waals surface area (Å²) in [7, 11) is 3.96. The first-order chi connectivity index (χ1) is 12.5. The molecule has 0 bridgehead atoms. The summed E-state index contributed by atoms with van der Waals surface area (Å²) in [6.07, 6.45) is 3.34. The van der Waals surface area contributed by atoms with Crippen LogP contribution < -0.4 is 4.74 Å². The van der Waals surface area contributed by atoms with E-state index in [2.05, 4.69) is 0 Å². The van der Waals surface area contributed by atoms with Gasteiger partial charge in [-0.05, 0) is 63.2 Å². The average Bonchev–Trinajstić information content (AvgIpc) is 2.64. The topological polar surface area (TPSA) is 29.5 Å². The molecule has 0 spiro atoms. The van der Waals surface area contributed by atoms with Crippen molar-refractivity contribution in [2.75, 3.05) is 20.6 Å². The van der Waals surface area contributed by atoms with E-state index in [1.807, 2.05) is 31.1 Å². The van der Waals surface area contributed by atoms with Gasteiger partial charge in [0.05, 0.1) is 5.56 Å². The maximum absolute atomic E-state index is 16.0. The molecule has 0 radical (unpaired) electrons. The Hall–Kier alpha value is -2.20. The number of esters is 1. The van der Waals surface area contributed by atoms with Gasteiger partial charge < -0.3 is 9.64 Å². The second-order valence-corrected chi connectivity index (χ2v) is 7.35. The van der Waals surface area contributed by atoms with E-state index in [1.54, 1.807) is 42.5 Å². The van der Waals surface area contributed by atoms with E-state index in [0.717, 1.165) is 19.3 Å². The van der Waals surface area contributed by atoms with E-state index >= 15 is 4.39 Å². The van der Waals surface area contributed by atoms with Gasteiger partial charge in [0.1, 0.15) is 11.4 Å². The van der Waals surface area contributed by atoms with Gasteiger partial charge in [0.25, 0.3) is 0 Å². The average molecular weight is 355 g/mol. The molecule has 0 heterocycles. The van der Waals surface area contributed by atoms with Crippen LogP contribution in [0.4, 0.5) is 4.39 Å². The van der Waals surface area contributed by atoms with Gasteiger partial charge in [0, 0.05) is 12.5 Å². The number of rotatable bonds is 5. The lowest BCUT2D eigenvalue weighted by atomic mass is 9.72. The van der Waals surface area contributed by atoms with E-state index in [-0.39, 0.29) is 5.92 Å². The summed E-state index contributed by atoms with van der Waals surface area (Å²) < 4.78 is 21.5. The second kappa shape index (κ2) is 8.00. The van der Waals surface area contributed by atoms with Crippen molar-refractivity contribution in [3.05, 3.63) is 65.7 Å². The Morgan fingerprint density at radius 1 is 1.15 bits per heavy atom. The minimum Gasteiger partial charge on any atom is -0.423 e. The number of nitrogens with zero attached hydrogens (tertiary/aromatic N) is 1. The summed E-state index contributed by atoms with van der Waals surface area (Å²) in [6.45, 7) is 0.713. The third-order valence-electron chi connectivity index (χ3n) is 5.11. The first-order valence-electron chi connectivity index (χ1n) is 9.20. The van der Waals surface area contributed by atoms with Crippen LogP contribution in [0.3, 0.4) is 0 Å². The highest BCUT2D eigenvalue weighted by atomic mass is 19.1. The van der Waals surface area contributed by atoms with Gasteiger partial charge in [0.15, 0.2) is 0 Å². The van der Waals surface area contributed by atoms with Crippen LogP contribution in [0.5, 0.6) is 5.75 Å². The summed E-state index contributed by atoms with van der Waals surface area (Å²) in [6, 6.07) is 15.8. The Morgan fingerprint density at radius 2 is 1.92 bits per heavy atom. The highest BCUT2D eigenvalue weighted by molar-refractivity contribution is 5.90. The van der Waals surface area contributed by atoms with Gasteiger partial charge >= 0.3 is 5.97 Å². The molecule has 1 aliphatic carbocycles. The van der Waals surface area contributed by atoms with Crippen molar-refractivity contribution in [1.29, 1.82) is 0 Å². The predicted molar refractivity (Wildman–Crippen MR) is 101 cm³/mol. The Labute approximate surface area is 154 Å². The molecule has 0 N–H and O–H groups in total. The third kappa shape index (κ3) is 4.13. The summed E-state index contributed by atoms with van der Waals surface area (Å²) in [5.41, 5.74) is -0.282. The molecule has 0 aliphatic heterocycles. The minimum atomic E-state index is -1.38. The van der Waals surface area contributed by atoms with Gasteiger partial charge in [-0.15, -0.1) is 0 Å². The summed E-state index contributed by atoms with van der Waals surface area (Å²) >= 11 is 0. The smallest absolute Gasteiger partial charge is 0.343 e.